The smallest absolute Gasteiger partial charge is 0.335 e. The maximum absolute atomic E-state index is 11.7. The quantitative estimate of drug-likeness (QED) is 0.812. The molecule has 0 saturated heterocycles. The minimum absolute atomic E-state index is 0.190. The zero-order valence-corrected chi connectivity index (χ0v) is 13.1. The Morgan fingerprint density at radius 3 is 2.38 bits per heavy atom. The van der Waals surface area contributed by atoms with Crippen LogP contribution in [0.3, 0.4) is 0 Å². The van der Waals surface area contributed by atoms with Gasteiger partial charge in [-0.05, 0) is 36.1 Å². The molecule has 21 heavy (non-hydrogen) atoms. The molecule has 0 fully saturated rings. The lowest BCUT2D eigenvalue weighted by atomic mass is 10.1. The van der Waals surface area contributed by atoms with Crippen molar-refractivity contribution >= 4 is 21.9 Å². The van der Waals surface area contributed by atoms with Crippen LogP contribution in [0.5, 0.6) is 0 Å². The van der Waals surface area contributed by atoms with Crippen molar-refractivity contribution in [2.24, 2.45) is 0 Å². The largest absolute Gasteiger partial charge is 0.459 e. The van der Waals surface area contributed by atoms with E-state index in [4.69, 9.17) is 4.74 Å². The van der Waals surface area contributed by atoms with Crippen molar-refractivity contribution in [1.82, 2.24) is 0 Å². The highest BCUT2D eigenvalue weighted by Gasteiger charge is 2.16. The van der Waals surface area contributed by atoms with Crippen molar-refractivity contribution in [3.8, 4) is 0 Å². The molecule has 3 nitrogen and oxygen atoms in total. The van der Waals surface area contributed by atoms with Gasteiger partial charge in [0.15, 0.2) is 6.10 Å². The van der Waals surface area contributed by atoms with E-state index in [1.807, 2.05) is 54.6 Å². The van der Waals surface area contributed by atoms with Gasteiger partial charge in [-0.15, -0.1) is 0 Å². The number of carbonyl (C=O) groups excluding carboxylic acids is 1. The van der Waals surface area contributed by atoms with Crippen LogP contribution in [-0.4, -0.2) is 17.2 Å². The van der Waals surface area contributed by atoms with Crippen LogP contribution in [0.15, 0.2) is 59.1 Å². The minimum Gasteiger partial charge on any atom is -0.459 e. The average Bonchev–Trinajstić information content (AvgIpc) is 2.52. The molecule has 0 radical (unpaired) electrons. The van der Waals surface area contributed by atoms with Gasteiger partial charge in [0.05, 0.1) is 0 Å². The van der Waals surface area contributed by atoms with Gasteiger partial charge in [-0.3, -0.25) is 0 Å². The Kier molecular flexibility index (Phi) is 5.96. The molecule has 0 unspecified atom stereocenters. The Balaban J connectivity index is 1.76. The topological polar surface area (TPSA) is 46.5 Å². The van der Waals surface area contributed by atoms with Crippen LogP contribution in [0.4, 0.5) is 0 Å². The van der Waals surface area contributed by atoms with Crippen LogP contribution in [0.1, 0.15) is 17.5 Å². The first-order valence-corrected chi connectivity index (χ1v) is 7.57. The summed E-state index contributed by atoms with van der Waals surface area (Å²) in [5, 5.41) is 9.83. The Morgan fingerprint density at radius 1 is 1.05 bits per heavy atom. The molecule has 0 saturated carbocycles. The van der Waals surface area contributed by atoms with Crippen LogP contribution < -0.4 is 0 Å². The number of rotatable bonds is 6. The molecule has 0 bridgehead atoms. The molecule has 0 spiro atoms. The molecule has 0 aliphatic carbocycles. The van der Waals surface area contributed by atoms with E-state index < -0.39 is 12.1 Å². The lowest BCUT2D eigenvalue weighted by Gasteiger charge is -2.11. The Hall–Kier alpha value is -1.65. The maximum atomic E-state index is 11.7. The van der Waals surface area contributed by atoms with Gasteiger partial charge in [0.1, 0.15) is 6.61 Å². The third-order valence-corrected chi connectivity index (χ3v) is 3.64. The fraction of sp³-hybridized carbons (Fsp3) is 0.235. The number of aliphatic hydroxyl groups excluding tert-OH is 1. The van der Waals surface area contributed by atoms with Crippen LogP contribution in [0.2, 0.25) is 0 Å². The van der Waals surface area contributed by atoms with Gasteiger partial charge in [-0.1, -0.05) is 58.4 Å². The molecular formula is C17H17BrO3. The van der Waals surface area contributed by atoms with Crippen molar-refractivity contribution in [2.45, 2.75) is 25.6 Å². The standard InChI is InChI=1S/C17H17BrO3/c18-15-9-6-13(7-10-15)8-11-16(19)17(20)21-12-14-4-2-1-3-5-14/h1-7,9-10,16,19H,8,11-12H2/t16-/m1/s1. The second-order valence-corrected chi connectivity index (χ2v) is 5.69. The number of esters is 1. The number of hydrogen-bond donors (Lipinski definition) is 1. The molecule has 0 amide bonds. The van der Waals surface area contributed by atoms with Crippen molar-refractivity contribution in [3.05, 3.63) is 70.2 Å². The number of carbonyl (C=O) groups is 1. The zero-order valence-electron chi connectivity index (χ0n) is 11.5. The molecule has 2 rings (SSSR count). The lowest BCUT2D eigenvalue weighted by Crippen LogP contribution is -2.23. The molecule has 110 valence electrons. The Labute approximate surface area is 132 Å². The van der Waals surface area contributed by atoms with E-state index in [0.717, 1.165) is 15.6 Å². The van der Waals surface area contributed by atoms with Crippen LogP contribution in [-0.2, 0) is 22.6 Å². The van der Waals surface area contributed by atoms with E-state index in [2.05, 4.69) is 15.9 Å². The maximum Gasteiger partial charge on any atom is 0.335 e. The number of halogens is 1. The fourth-order valence-corrected chi connectivity index (χ4v) is 2.16. The van der Waals surface area contributed by atoms with E-state index in [1.54, 1.807) is 0 Å². The van der Waals surface area contributed by atoms with E-state index in [-0.39, 0.29) is 6.61 Å². The van der Waals surface area contributed by atoms with Crippen molar-refractivity contribution < 1.29 is 14.6 Å². The van der Waals surface area contributed by atoms with Crippen molar-refractivity contribution in [3.63, 3.8) is 0 Å². The second-order valence-electron chi connectivity index (χ2n) is 4.77. The predicted octanol–water partition coefficient (Wildman–Crippen LogP) is 3.49. The Morgan fingerprint density at radius 2 is 1.71 bits per heavy atom. The summed E-state index contributed by atoms with van der Waals surface area (Å²) < 4.78 is 6.11. The lowest BCUT2D eigenvalue weighted by molar-refractivity contribution is -0.155. The summed E-state index contributed by atoms with van der Waals surface area (Å²) in [6.07, 6.45) is -0.0956. The normalized spacial score (nSPS) is 11.9. The fourth-order valence-electron chi connectivity index (χ4n) is 1.90. The van der Waals surface area contributed by atoms with Crippen molar-refractivity contribution in [1.29, 1.82) is 0 Å². The highest BCUT2D eigenvalue weighted by atomic mass is 79.9. The molecule has 2 aromatic rings. The first-order chi connectivity index (χ1) is 10.1. The van der Waals surface area contributed by atoms with E-state index in [1.165, 1.54) is 0 Å². The molecule has 1 N–H and O–H groups in total. The molecule has 4 heteroatoms. The third-order valence-electron chi connectivity index (χ3n) is 3.12. The predicted molar refractivity (Wildman–Crippen MR) is 84.7 cm³/mol. The monoisotopic (exact) mass is 348 g/mol. The van der Waals surface area contributed by atoms with Gasteiger partial charge in [-0.2, -0.15) is 0 Å². The van der Waals surface area contributed by atoms with Crippen LogP contribution in [0.25, 0.3) is 0 Å². The zero-order chi connectivity index (χ0) is 15.1. The molecule has 0 aromatic heterocycles. The molecule has 0 aliphatic heterocycles. The summed E-state index contributed by atoms with van der Waals surface area (Å²) >= 11 is 3.37. The number of ether oxygens (including phenoxy) is 1. The number of aryl methyl sites for hydroxylation is 1. The van der Waals surface area contributed by atoms with Gasteiger partial charge in [-0.25, -0.2) is 4.79 Å². The SMILES string of the molecule is O=C(OCc1ccccc1)[C@H](O)CCc1ccc(Br)cc1. The summed E-state index contributed by atoms with van der Waals surface area (Å²) in [6, 6.07) is 17.2. The van der Waals surface area contributed by atoms with E-state index in [9.17, 15) is 9.90 Å². The minimum atomic E-state index is -1.09. The highest BCUT2D eigenvalue weighted by Crippen LogP contribution is 2.13. The second kappa shape index (κ2) is 7.96. The molecule has 0 aliphatic rings. The molecule has 1 atom stereocenters. The first kappa shape index (κ1) is 15.7. The van der Waals surface area contributed by atoms with Crippen LogP contribution in [0, 0.1) is 0 Å². The number of aliphatic hydroxyl groups is 1. The summed E-state index contributed by atoms with van der Waals surface area (Å²) in [4.78, 5) is 11.7. The third kappa shape index (κ3) is 5.33. The van der Waals surface area contributed by atoms with E-state index >= 15 is 0 Å². The molecular weight excluding hydrogens is 332 g/mol. The summed E-state index contributed by atoms with van der Waals surface area (Å²) in [7, 11) is 0. The van der Waals surface area contributed by atoms with Gasteiger partial charge >= 0.3 is 5.97 Å². The molecule has 2 aromatic carbocycles. The van der Waals surface area contributed by atoms with Gasteiger partial charge in [0.2, 0.25) is 0 Å². The highest BCUT2D eigenvalue weighted by molar-refractivity contribution is 9.10. The van der Waals surface area contributed by atoms with Gasteiger partial charge in [0, 0.05) is 4.47 Å². The summed E-state index contributed by atoms with van der Waals surface area (Å²) in [6.45, 7) is 0.190. The van der Waals surface area contributed by atoms with Crippen molar-refractivity contribution in [2.75, 3.05) is 0 Å². The van der Waals surface area contributed by atoms with Gasteiger partial charge in [0.25, 0.3) is 0 Å². The number of hydrogen-bond acceptors (Lipinski definition) is 3. The average molecular weight is 349 g/mol. The number of benzene rings is 2. The van der Waals surface area contributed by atoms with E-state index in [0.29, 0.717) is 12.8 Å². The summed E-state index contributed by atoms with van der Waals surface area (Å²) in [5.41, 5.74) is 1.99. The Bertz CT molecular complexity index is 566. The summed E-state index contributed by atoms with van der Waals surface area (Å²) in [5.74, 6) is -0.573. The van der Waals surface area contributed by atoms with Gasteiger partial charge < -0.3 is 9.84 Å². The molecule has 0 heterocycles. The first-order valence-electron chi connectivity index (χ1n) is 6.78. The van der Waals surface area contributed by atoms with Crippen LogP contribution >= 0.6 is 15.9 Å².